The molecule has 8 heteroatoms. The number of nitrogens with zero attached hydrogens (tertiary/aromatic N) is 3. The van der Waals surface area contributed by atoms with Crippen LogP contribution in [-0.2, 0) is 11.2 Å². The Morgan fingerprint density at radius 3 is 2.66 bits per heavy atom. The van der Waals surface area contributed by atoms with Gasteiger partial charge in [-0.05, 0) is 80.4 Å². The first-order valence-corrected chi connectivity index (χ1v) is 11.2. The summed E-state index contributed by atoms with van der Waals surface area (Å²) in [6, 6.07) is 13.3. The molecule has 0 fully saturated rings. The van der Waals surface area contributed by atoms with E-state index in [1.807, 2.05) is 26.0 Å². The number of aryl methyl sites for hydroxylation is 1. The second-order valence-corrected chi connectivity index (χ2v) is 8.36. The quantitative estimate of drug-likeness (QED) is 0.413. The molecular formula is C27H23FN4O3. The van der Waals surface area contributed by atoms with Crippen molar-refractivity contribution in [3.63, 3.8) is 0 Å². The number of aromatic nitrogens is 2. The molecule has 0 bridgehead atoms. The van der Waals surface area contributed by atoms with Gasteiger partial charge >= 0.3 is 0 Å². The maximum atomic E-state index is 13.3. The molecule has 176 valence electrons. The first-order chi connectivity index (χ1) is 16.9. The van der Waals surface area contributed by atoms with Crippen molar-refractivity contribution in [2.75, 3.05) is 16.8 Å². The number of carbonyl (C=O) groups is 2. The highest BCUT2D eigenvalue weighted by Gasteiger charge is 2.26. The van der Waals surface area contributed by atoms with Gasteiger partial charge in [-0.1, -0.05) is 0 Å². The Morgan fingerprint density at radius 2 is 1.91 bits per heavy atom. The third-order valence-electron chi connectivity index (χ3n) is 6.08. The van der Waals surface area contributed by atoms with Crippen LogP contribution in [0.25, 0.3) is 11.8 Å². The SMILES string of the molecule is Cc1nn(-c2ccc(F)cc2)c(C)c1/C=C/C(=O)Nc1ccc2c(c1)CCN2C(=O)c1ccoc1. The molecule has 0 atom stereocenters. The molecule has 1 N–H and O–H groups in total. The average molecular weight is 471 g/mol. The number of fused-ring (bicyclic) bond motifs is 1. The topological polar surface area (TPSA) is 80.4 Å². The van der Waals surface area contributed by atoms with Crippen molar-refractivity contribution in [3.8, 4) is 5.69 Å². The summed E-state index contributed by atoms with van der Waals surface area (Å²) in [5.41, 5.74) is 6.18. The highest BCUT2D eigenvalue weighted by molar-refractivity contribution is 6.07. The largest absolute Gasteiger partial charge is 0.472 e. The van der Waals surface area contributed by atoms with Gasteiger partial charge in [-0.15, -0.1) is 0 Å². The van der Waals surface area contributed by atoms with Gasteiger partial charge in [0.25, 0.3) is 5.91 Å². The first kappa shape index (κ1) is 22.3. The lowest BCUT2D eigenvalue weighted by molar-refractivity contribution is -0.111. The van der Waals surface area contributed by atoms with Gasteiger partial charge in [-0.25, -0.2) is 9.07 Å². The van der Waals surface area contributed by atoms with Crippen LogP contribution in [0.3, 0.4) is 0 Å². The van der Waals surface area contributed by atoms with Crippen LogP contribution in [0.5, 0.6) is 0 Å². The fourth-order valence-corrected chi connectivity index (χ4v) is 4.31. The summed E-state index contributed by atoms with van der Waals surface area (Å²) in [5.74, 6) is -0.692. The van der Waals surface area contributed by atoms with Gasteiger partial charge in [-0.2, -0.15) is 5.10 Å². The van der Waals surface area contributed by atoms with Crippen LogP contribution in [-0.4, -0.2) is 28.1 Å². The van der Waals surface area contributed by atoms with Crippen molar-refractivity contribution in [1.82, 2.24) is 9.78 Å². The van der Waals surface area contributed by atoms with Gasteiger partial charge in [0.05, 0.1) is 23.2 Å². The molecule has 3 heterocycles. The summed E-state index contributed by atoms with van der Waals surface area (Å²) in [6.07, 6.45) is 6.82. The van der Waals surface area contributed by atoms with Crippen LogP contribution in [0.2, 0.25) is 0 Å². The predicted molar refractivity (Wildman–Crippen MR) is 131 cm³/mol. The Balaban J connectivity index is 1.29. The van der Waals surface area contributed by atoms with E-state index in [9.17, 15) is 14.0 Å². The smallest absolute Gasteiger partial charge is 0.261 e. The lowest BCUT2D eigenvalue weighted by Crippen LogP contribution is -2.28. The van der Waals surface area contributed by atoms with Gasteiger partial charge in [0.1, 0.15) is 12.1 Å². The maximum Gasteiger partial charge on any atom is 0.261 e. The fourth-order valence-electron chi connectivity index (χ4n) is 4.31. The van der Waals surface area contributed by atoms with Crippen LogP contribution >= 0.6 is 0 Å². The number of anilines is 2. The summed E-state index contributed by atoms with van der Waals surface area (Å²) in [5, 5.41) is 7.41. The Hall–Kier alpha value is -4.46. The summed E-state index contributed by atoms with van der Waals surface area (Å²) in [7, 11) is 0. The van der Waals surface area contributed by atoms with Crippen molar-refractivity contribution in [1.29, 1.82) is 0 Å². The molecule has 2 amide bonds. The van der Waals surface area contributed by atoms with Gasteiger partial charge in [0.15, 0.2) is 0 Å². The highest BCUT2D eigenvalue weighted by atomic mass is 19.1. The molecule has 7 nitrogen and oxygen atoms in total. The molecule has 4 aromatic rings. The standard InChI is InChI=1S/C27H23FN4O3/c1-17-24(18(2)32(30-17)23-6-3-21(28)4-7-23)8-10-26(33)29-22-5-9-25-19(15-22)11-13-31(25)27(34)20-12-14-35-16-20/h3-10,12,14-16H,11,13H2,1-2H3,(H,29,33)/b10-8+. The molecule has 0 unspecified atom stereocenters. The van der Waals surface area contributed by atoms with Gasteiger partial charge in [-0.3, -0.25) is 9.59 Å². The number of carbonyl (C=O) groups excluding carboxylic acids is 2. The number of benzene rings is 2. The van der Waals surface area contributed by atoms with Crippen molar-refractivity contribution in [2.24, 2.45) is 0 Å². The number of nitrogens with one attached hydrogen (secondary N) is 1. The van der Waals surface area contributed by atoms with Crippen molar-refractivity contribution in [3.05, 3.63) is 101 Å². The van der Waals surface area contributed by atoms with E-state index in [1.54, 1.807) is 39.9 Å². The molecule has 1 aliphatic heterocycles. The number of amides is 2. The number of hydrogen-bond donors (Lipinski definition) is 1. The van der Waals surface area contributed by atoms with E-state index < -0.39 is 0 Å². The molecule has 5 rings (SSSR count). The van der Waals surface area contributed by atoms with E-state index >= 15 is 0 Å². The number of halogens is 1. The van der Waals surface area contributed by atoms with E-state index in [0.29, 0.717) is 24.2 Å². The molecule has 0 saturated heterocycles. The van der Waals surface area contributed by atoms with Crippen LogP contribution in [0.1, 0.15) is 32.9 Å². The van der Waals surface area contributed by atoms with Crippen molar-refractivity contribution < 1.29 is 18.4 Å². The summed E-state index contributed by atoms with van der Waals surface area (Å²) in [4.78, 5) is 27.0. The average Bonchev–Trinajstić information content (AvgIpc) is 3.58. The zero-order chi connectivity index (χ0) is 24.5. The van der Waals surface area contributed by atoms with Crippen LogP contribution in [0.4, 0.5) is 15.8 Å². The molecular weight excluding hydrogens is 447 g/mol. The van der Waals surface area contributed by atoms with Crippen molar-refractivity contribution in [2.45, 2.75) is 20.3 Å². The molecule has 2 aromatic carbocycles. The van der Waals surface area contributed by atoms with E-state index in [0.717, 1.165) is 33.9 Å². The molecule has 0 aliphatic carbocycles. The summed E-state index contributed by atoms with van der Waals surface area (Å²) in [6.45, 7) is 4.34. The Morgan fingerprint density at radius 1 is 1.11 bits per heavy atom. The molecule has 0 radical (unpaired) electrons. The Kier molecular flexibility index (Phi) is 5.78. The number of hydrogen-bond acceptors (Lipinski definition) is 4. The van der Waals surface area contributed by atoms with E-state index in [2.05, 4.69) is 10.4 Å². The second-order valence-electron chi connectivity index (χ2n) is 8.36. The van der Waals surface area contributed by atoms with Gasteiger partial charge < -0.3 is 14.6 Å². The van der Waals surface area contributed by atoms with Gasteiger partial charge in [0.2, 0.25) is 5.91 Å². The number of rotatable bonds is 5. The third kappa shape index (κ3) is 4.38. The minimum Gasteiger partial charge on any atom is -0.472 e. The minimum absolute atomic E-state index is 0.107. The van der Waals surface area contributed by atoms with Crippen molar-refractivity contribution >= 4 is 29.3 Å². The third-order valence-corrected chi connectivity index (χ3v) is 6.08. The zero-order valence-electron chi connectivity index (χ0n) is 19.3. The van der Waals surface area contributed by atoms with Crippen LogP contribution < -0.4 is 10.2 Å². The van der Waals surface area contributed by atoms with E-state index in [4.69, 9.17) is 4.42 Å². The molecule has 2 aromatic heterocycles. The van der Waals surface area contributed by atoms with E-state index in [1.165, 1.54) is 30.7 Å². The molecule has 0 spiro atoms. The summed E-state index contributed by atoms with van der Waals surface area (Å²) < 4.78 is 20.0. The lowest BCUT2D eigenvalue weighted by atomic mass is 10.1. The Bertz CT molecular complexity index is 1440. The molecule has 1 aliphatic rings. The predicted octanol–water partition coefficient (Wildman–Crippen LogP) is 5.08. The lowest BCUT2D eigenvalue weighted by Gasteiger charge is -2.16. The molecule has 0 saturated carbocycles. The zero-order valence-corrected chi connectivity index (χ0v) is 19.3. The monoisotopic (exact) mass is 470 g/mol. The molecule has 35 heavy (non-hydrogen) atoms. The normalized spacial score (nSPS) is 12.8. The van der Waals surface area contributed by atoms with Gasteiger partial charge in [0, 0.05) is 35.3 Å². The minimum atomic E-state index is -0.309. The summed E-state index contributed by atoms with van der Waals surface area (Å²) >= 11 is 0. The fraction of sp³-hybridized carbons (Fsp3) is 0.148. The number of furan rings is 1. The van der Waals surface area contributed by atoms with E-state index in [-0.39, 0.29) is 17.6 Å². The van der Waals surface area contributed by atoms with Crippen LogP contribution in [0, 0.1) is 19.7 Å². The Labute approximate surface area is 201 Å². The first-order valence-electron chi connectivity index (χ1n) is 11.2. The highest BCUT2D eigenvalue weighted by Crippen LogP contribution is 2.31. The van der Waals surface area contributed by atoms with Crippen LogP contribution in [0.15, 0.2) is 71.6 Å². The second kappa shape index (κ2) is 9.06. The maximum absolute atomic E-state index is 13.3.